The van der Waals surface area contributed by atoms with Crippen molar-refractivity contribution < 1.29 is 9.53 Å². The van der Waals surface area contributed by atoms with Crippen LogP contribution in [-0.2, 0) is 9.53 Å². The highest BCUT2D eigenvalue weighted by atomic mass is 79.9. The summed E-state index contributed by atoms with van der Waals surface area (Å²) in [5, 5.41) is 3.81. The van der Waals surface area contributed by atoms with Gasteiger partial charge in [-0.3, -0.25) is 4.79 Å². The number of ether oxygens (including phenoxy) is 1. The number of esters is 1. The number of hydrogen-bond acceptors (Lipinski definition) is 3. The van der Waals surface area contributed by atoms with Crippen LogP contribution >= 0.6 is 43.5 Å². The number of carbonyl (C=O) groups excluding carboxylic acids is 1. The van der Waals surface area contributed by atoms with Gasteiger partial charge in [-0.05, 0) is 64.8 Å². The molecule has 0 aliphatic carbocycles. The maximum absolute atomic E-state index is 11.6. The van der Waals surface area contributed by atoms with Gasteiger partial charge >= 0.3 is 5.97 Å². The molecular formula is C13H16Br2ClNO2. The number of benzene rings is 1. The molecule has 0 radical (unpaired) electrons. The van der Waals surface area contributed by atoms with Gasteiger partial charge in [0.25, 0.3) is 0 Å². The summed E-state index contributed by atoms with van der Waals surface area (Å²) < 4.78 is 6.92. The molecule has 0 atom stereocenters. The van der Waals surface area contributed by atoms with E-state index in [2.05, 4.69) is 37.2 Å². The van der Waals surface area contributed by atoms with Crippen LogP contribution in [-0.4, -0.2) is 18.1 Å². The predicted octanol–water partition coefficient (Wildman–Crippen LogP) is 5.01. The Hall–Kier alpha value is -0.260. The van der Waals surface area contributed by atoms with E-state index in [1.807, 2.05) is 20.8 Å². The van der Waals surface area contributed by atoms with Crippen molar-refractivity contribution in [3.05, 3.63) is 26.1 Å². The molecule has 0 spiro atoms. The largest absolute Gasteiger partial charge is 0.460 e. The number of anilines is 1. The SMILES string of the molecule is CC(C)(C)OC(=O)CCNc1c(Br)cc(Cl)cc1Br. The van der Waals surface area contributed by atoms with Crippen LogP contribution in [0.1, 0.15) is 27.2 Å². The summed E-state index contributed by atoms with van der Waals surface area (Å²) in [5.74, 6) is -0.221. The average molecular weight is 414 g/mol. The minimum Gasteiger partial charge on any atom is -0.460 e. The lowest BCUT2D eigenvalue weighted by Crippen LogP contribution is -2.25. The van der Waals surface area contributed by atoms with Gasteiger partial charge in [0.2, 0.25) is 0 Å². The van der Waals surface area contributed by atoms with Crippen molar-refractivity contribution >= 4 is 55.1 Å². The molecule has 0 aliphatic heterocycles. The standard InChI is InChI=1S/C13H16Br2ClNO2/c1-13(2,3)19-11(18)4-5-17-12-9(14)6-8(16)7-10(12)15/h6-7,17H,4-5H2,1-3H3. The highest BCUT2D eigenvalue weighted by Gasteiger charge is 2.16. The molecule has 0 bridgehead atoms. The molecule has 3 nitrogen and oxygen atoms in total. The highest BCUT2D eigenvalue weighted by Crippen LogP contribution is 2.34. The Kier molecular flexibility index (Phi) is 6.15. The van der Waals surface area contributed by atoms with Gasteiger partial charge in [-0.25, -0.2) is 0 Å². The molecule has 0 aliphatic rings. The molecule has 0 heterocycles. The summed E-state index contributed by atoms with van der Waals surface area (Å²) in [4.78, 5) is 11.6. The Labute approximate surface area is 135 Å². The van der Waals surface area contributed by atoms with Crippen LogP contribution in [0, 0.1) is 0 Å². The monoisotopic (exact) mass is 411 g/mol. The molecule has 19 heavy (non-hydrogen) atoms. The normalized spacial score (nSPS) is 11.3. The molecule has 0 saturated carbocycles. The smallest absolute Gasteiger partial charge is 0.308 e. The average Bonchev–Trinajstić information content (AvgIpc) is 2.19. The highest BCUT2D eigenvalue weighted by molar-refractivity contribution is 9.11. The minimum atomic E-state index is -0.446. The van der Waals surface area contributed by atoms with Crippen LogP contribution in [0.25, 0.3) is 0 Å². The summed E-state index contributed by atoms with van der Waals surface area (Å²) in [7, 11) is 0. The van der Waals surface area contributed by atoms with Crippen molar-refractivity contribution in [1.82, 2.24) is 0 Å². The number of nitrogens with one attached hydrogen (secondary N) is 1. The van der Waals surface area contributed by atoms with E-state index < -0.39 is 5.60 Å². The first-order chi connectivity index (χ1) is 8.69. The van der Waals surface area contributed by atoms with E-state index in [1.54, 1.807) is 12.1 Å². The van der Waals surface area contributed by atoms with Gasteiger partial charge in [-0.15, -0.1) is 0 Å². The van der Waals surface area contributed by atoms with Crippen molar-refractivity contribution in [1.29, 1.82) is 0 Å². The van der Waals surface area contributed by atoms with E-state index >= 15 is 0 Å². The molecule has 0 saturated heterocycles. The van der Waals surface area contributed by atoms with Crippen molar-refractivity contribution in [3.63, 3.8) is 0 Å². The molecule has 0 amide bonds. The third kappa shape index (κ3) is 6.15. The van der Waals surface area contributed by atoms with E-state index in [-0.39, 0.29) is 5.97 Å². The molecule has 106 valence electrons. The van der Waals surface area contributed by atoms with Gasteiger partial charge in [0.1, 0.15) is 5.60 Å². The molecule has 0 aromatic heterocycles. The van der Waals surface area contributed by atoms with Gasteiger partial charge < -0.3 is 10.1 Å². The lowest BCUT2D eigenvalue weighted by molar-refractivity contribution is -0.154. The fourth-order valence-corrected chi connectivity index (χ4v) is 3.34. The number of rotatable bonds is 4. The number of hydrogen-bond donors (Lipinski definition) is 1. The topological polar surface area (TPSA) is 38.3 Å². The summed E-state index contributed by atoms with van der Waals surface area (Å²) in [6.07, 6.45) is 0.304. The molecule has 0 unspecified atom stereocenters. The fraction of sp³-hybridized carbons (Fsp3) is 0.462. The van der Waals surface area contributed by atoms with E-state index in [0.29, 0.717) is 18.0 Å². The predicted molar refractivity (Wildman–Crippen MR) is 85.8 cm³/mol. The third-order valence-electron chi connectivity index (χ3n) is 2.06. The molecule has 6 heteroatoms. The van der Waals surface area contributed by atoms with Crippen LogP contribution in [0.2, 0.25) is 5.02 Å². The second-order valence-corrected chi connectivity index (χ2v) is 7.15. The number of carbonyl (C=O) groups is 1. The van der Waals surface area contributed by atoms with E-state index in [1.165, 1.54) is 0 Å². The van der Waals surface area contributed by atoms with Crippen LogP contribution in [0.3, 0.4) is 0 Å². The maximum Gasteiger partial charge on any atom is 0.308 e. The fourth-order valence-electron chi connectivity index (χ4n) is 1.39. The summed E-state index contributed by atoms with van der Waals surface area (Å²) >= 11 is 12.8. The molecule has 1 rings (SSSR count). The van der Waals surface area contributed by atoms with Crippen molar-refractivity contribution in [2.45, 2.75) is 32.8 Å². The zero-order valence-corrected chi connectivity index (χ0v) is 14.9. The Bertz CT molecular complexity index is 449. The van der Waals surface area contributed by atoms with Gasteiger partial charge in [0, 0.05) is 20.5 Å². The van der Waals surface area contributed by atoms with E-state index in [0.717, 1.165) is 14.6 Å². The molecule has 0 fully saturated rings. The van der Waals surface area contributed by atoms with Gasteiger partial charge in [-0.1, -0.05) is 11.6 Å². The van der Waals surface area contributed by atoms with Crippen LogP contribution < -0.4 is 5.32 Å². The second kappa shape index (κ2) is 6.95. The Morgan fingerprint density at radius 1 is 1.32 bits per heavy atom. The maximum atomic E-state index is 11.6. The zero-order chi connectivity index (χ0) is 14.6. The quantitative estimate of drug-likeness (QED) is 0.706. The Morgan fingerprint density at radius 2 is 1.84 bits per heavy atom. The lowest BCUT2D eigenvalue weighted by Gasteiger charge is -2.19. The van der Waals surface area contributed by atoms with E-state index in [4.69, 9.17) is 16.3 Å². The first kappa shape index (κ1) is 16.8. The van der Waals surface area contributed by atoms with Gasteiger partial charge in [-0.2, -0.15) is 0 Å². The van der Waals surface area contributed by atoms with Crippen LogP contribution in [0.5, 0.6) is 0 Å². The lowest BCUT2D eigenvalue weighted by atomic mass is 10.2. The summed E-state index contributed by atoms with van der Waals surface area (Å²) in [5.41, 5.74) is 0.423. The molecule has 1 aromatic carbocycles. The zero-order valence-electron chi connectivity index (χ0n) is 11.0. The van der Waals surface area contributed by atoms with E-state index in [9.17, 15) is 4.79 Å². The second-order valence-electron chi connectivity index (χ2n) is 5.01. The minimum absolute atomic E-state index is 0.221. The summed E-state index contributed by atoms with van der Waals surface area (Å²) in [6.45, 7) is 6.05. The van der Waals surface area contributed by atoms with Gasteiger partial charge in [0.05, 0.1) is 12.1 Å². The Morgan fingerprint density at radius 3 is 2.32 bits per heavy atom. The van der Waals surface area contributed by atoms with Crippen molar-refractivity contribution in [2.75, 3.05) is 11.9 Å². The Balaban J connectivity index is 2.52. The van der Waals surface area contributed by atoms with Crippen LogP contribution in [0.4, 0.5) is 5.69 Å². The first-order valence-corrected chi connectivity index (χ1v) is 7.76. The first-order valence-electron chi connectivity index (χ1n) is 5.79. The number of halogens is 3. The van der Waals surface area contributed by atoms with Gasteiger partial charge in [0.15, 0.2) is 0 Å². The molecule has 1 N–H and O–H groups in total. The van der Waals surface area contributed by atoms with Crippen molar-refractivity contribution in [2.24, 2.45) is 0 Å². The molecular weight excluding hydrogens is 397 g/mol. The van der Waals surface area contributed by atoms with Crippen LogP contribution in [0.15, 0.2) is 21.1 Å². The summed E-state index contributed by atoms with van der Waals surface area (Å²) in [6, 6.07) is 3.59. The van der Waals surface area contributed by atoms with Crippen molar-refractivity contribution in [3.8, 4) is 0 Å². The third-order valence-corrected chi connectivity index (χ3v) is 3.53. The molecule has 1 aromatic rings.